The number of aliphatic hydroxyl groups is 1. The molecule has 2 aromatic carbocycles. The number of rotatable bonds is 6. The van der Waals surface area contributed by atoms with Crippen molar-refractivity contribution in [3.05, 3.63) is 54.1 Å². The maximum atomic E-state index is 11.6. The van der Waals surface area contributed by atoms with Gasteiger partial charge in [0.15, 0.2) is 0 Å². The van der Waals surface area contributed by atoms with E-state index < -0.39 is 0 Å². The van der Waals surface area contributed by atoms with Gasteiger partial charge in [0, 0.05) is 6.54 Å². The fraction of sp³-hybridized carbons (Fsp3) is 0.278. The summed E-state index contributed by atoms with van der Waals surface area (Å²) in [7, 11) is 1.65. The highest BCUT2D eigenvalue weighted by Crippen LogP contribution is 2.23. The van der Waals surface area contributed by atoms with Crippen LogP contribution in [-0.2, 0) is 6.54 Å². The summed E-state index contributed by atoms with van der Waals surface area (Å²) in [6.45, 7) is 2.09. The number of hydrogen-bond acceptors (Lipinski definition) is 3. The zero-order valence-electron chi connectivity index (χ0n) is 13.4. The number of nitrogens with one attached hydrogen (secondary N) is 2. The minimum atomic E-state index is -0.288. The van der Waals surface area contributed by atoms with E-state index in [0.717, 1.165) is 22.4 Å². The number of hydrogen-bond donors (Lipinski definition) is 3. The van der Waals surface area contributed by atoms with Gasteiger partial charge in [0.05, 0.1) is 19.8 Å². The van der Waals surface area contributed by atoms with E-state index in [4.69, 9.17) is 9.84 Å². The smallest absolute Gasteiger partial charge is 0.315 e. The Morgan fingerprint density at radius 2 is 1.91 bits per heavy atom. The number of urea groups is 1. The monoisotopic (exact) mass is 314 g/mol. The molecule has 0 unspecified atom stereocenters. The minimum Gasteiger partial charge on any atom is -0.497 e. The Bertz CT molecular complexity index is 641. The standard InChI is InChI=1S/C18H22N2O3/c1-13(12-21)20-18(22)19-11-14-6-8-15(9-7-14)16-4-3-5-17(10-16)23-2/h3-10,13,21H,11-12H2,1-2H3,(H2,19,20,22)/t13-/m0/s1. The van der Waals surface area contributed by atoms with Crippen LogP contribution in [0.25, 0.3) is 11.1 Å². The zero-order chi connectivity index (χ0) is 16.7. The second kappa shape index (κ2) is 8.19. The summed E-state index contributed by atoms with van der Waals surface area (Å²) in [6, 6.07) is 15.3. The van der Waals surface area contributed by atoms with Crippen LogP contribution >= 0.6 is 0 Å². The highest BCUT2D eigenvalue weighted by molar-refractivity contribution is 5.74. The fourth-order valence-corrected chi connectivity index (χ4v) is 2.12. The third-order valence-electron chi connectivity index (χ3n) is 3.46. The van der Waals surface area contributed by atoms with Crippen molar-refractivity contribution < 1.29 is 14.6 Å². The second-order valence-electron chi connectivity index (χ2n) is 5.34. The van der Waals surface area contributed by atoms with Crippen LogP contribution in [0.5, 0.6) is 5.75 Å². The molecule has 2 rings (SSSR count). The molecule has 0 aliphatic carbocycles. The van der Waals surface area contributed by atoms with Gasteiger partial charge >= 0.3 is 6.03 Å². The Morgan fingerprint density at radius 3 is 2.57 bits per heavy atom. The topological polar surface area (TPSA) is 70.6 Å². The number of amides is 2. The summed E-state index contributed by atoms with van der Waals surface area (Å²) >= 11 is 0. The van der Waals surface area contributed by atoms with Gasteiger partial charge in [-0.2, -0.15) is 0 Å². The summed E-state index contributed by atoms with van der Waals surface area (Å²) < 4.78 is 5.23. The molecule has 0 aliphatic rings. The van der Waals surface area contributed by atoms with Crippen LogP contribution in [0.15, 0.2) is 48.5 Å². The Balaban J connectivity index is 1.95. The van der Waals surface area contributed by atoms with E-state index >= 15 is 0 Å². The molecule has 2 aromatic rings. The molecule has 3 N–H and O–H groups in total. The summed E-state index contributed by atoms with van der Waals surface area (Å²) in [5.74, 6) is 0.822. The first-order valence-electron chi connectivity index (χ1n) is 7.51. The van der Waals surface area contributed by atoms with Gasteiger partial charge < -0.3 is 20.5 Å². The molecule has 5 heteroatoms. The van der Waals surface area contributed by atoms with Crippen LogP contribution in [-0.4, -0.2) is 30.9 Å². The maximum absolute atomic E-state index is 11.6. The number of ether oxygens (including phenoxy) is 1. The van der Waals surface area contributed by atoms with Gasteiger partial charge in [-0.3, -0.25) is 0 Å². The normalized spacial score (nSPS) is 11.6. The third-order valence-corrected chi connectivity index (χ3v) is 3.46. The van der Waals surface area contributed by atoms with E-state index in [9.17, 15) is 4.79 Å². The molecule has 0 aromatic heterocycles. The predicted molar refractivity (Wildman–Crippen MR) is 90.3 cm³/mol. The lowest BCUT2D eigenvalue weighted by molar-refractivity contribution is 0.220. The van der Waals surface area contributed by atoms with Crippen LogP contribution in [0.3, 0.4) is 0 Å². The van der Waals surface area contributed by atoms with Gasteiger partial charge in [-0.15, -0.1) is 0 Å². The molecule has 122 valence electrons. The van der Waals surface area contributed by atoms with Crippen LogP contribution in [0.4, 0.5) is 4.79 Å². The van der Waals surface area contributed by atoms with E-state index in [1.165, 1.54) is 0 Å². The first kappa shape index (κ1) is 16.8. The van der Waals surface area contributed by atoms with Gasteiger partial charge in [-0.1, -0.05) is 36.4 Å². The Morgan fingerprint density at radius 1 is 1.17 bits per heavy atom. The average Bonchev–Trinajstić information content (AvgIpc) is 2.60. The van der Waals surface area contributed by atoms with Crippen molar-refractivity contribution in [1.29, 1.82) is 0 Å². The third kappa shape index (κ3) is 5.00. The molecule has 0 spiro atoms. The van der Waals surface area contributed by atoms with Crippen molar-refractivity contribution in [2.45, 2.75) is 19.5 Å². The van der Waals surface area contributed by atoms with Gasteiger partial charge in [-0.25, -0.2) is 4.79 Å². The highest BCUT2D eigenvalue weighted by Gasteiger charge is 2.05. The molecule has 5 nitrogen and oxygen atoms in total. The molecular weight excluding hydrogens is 292 g/mol. The number of carbonyl (C=O) groups excluding carboxylic acids is 1. The molecule has 0 aliphatic heterocycles. The lowest BCUT2D eigenvalue weighted by atomic mass is 10.0. The molecular formula is C18H22N2O3. The summed E-state index contributed by atoms with van der Waals surface area (Å²) in [5, 5.41) is 14.3. The van der Waals surface area contributed by atoms with Gasteiger partial charge in [-0.05, 0) is 35.7 Å². The lowest BCUT2D eigenvalue weighted by Gasteiger charge is -2.12. The summed E-state index contributed by atoms with van der Waals surface area (Å²) in [4.78, 5) is 11.6. The molecule has 0 bridgehead atoms. The molecule has 0 saturated carbocycles. The maximum Gasteiger partial charge on any atom is 0.315 e. The van der Waals surface area contributed by atoms with E-state index in [0.29, 0.717) is 6.54 Å². The average molecular weight is 314 g/mol. The predicted octanol–water partition coefficient (Wildman–Crippen LogP) is 2.54. The van der Waals surface area contributed by atoms with E-state index in [-0.39, 0.29) is 18.7 Å². The molecule has 23 heavy (non-hydrogen) atoms. The molecule has 0 fully saturated rings. The Kier molecular flexibility index (Phi) is 6.00. The number of methoxy groups -OCH3 is 1. The van der Waals surface area contributed by atoms with Crippen molar-refractivity contribution >= 4 is 6.03 Å². The van der Waals surface area contributed by atoms with Crippen molar-refractivity contribution in [2.24, 2.45) is 0 Å². The molecule has 0 saturated heterocycles. The van der Waals surface area contributed by atoms with Crippen LogP contribution in [0.2, 0.25) is 0 Å². The lowest BCUT2D eigenvalue weighted by Crippen LogP contribution is -2.41. The zero-order valence-corrected chi connectivity index (χ0v) is 13.4. The van der Waals surface area contributed by atoms with E-state index in [1.54, 1.807) is 14.0 Å². The molecule has 0 heterocycles. The van der Waals surface area contributed by atoms with Crippen LogP contribution in [0.1, 0.15) is 12.5 Å². The first-order chi connectivity index (χ1) is 11.1. The van der Waals surface area contributed by atoms with Crippen molar-refractivity contribution in [3.63, 3.8) is 0 Å². The van der Waals surface area contributed by atoms with Crippen molar-refractivity contribution in [1.82, 2.24) is 10.6 Å². The van der Waals surface area contributed by atoms with Crippen LogP contribution < -0.4 is 15.4 Å². The summed E-state index contributed by atoms with van der Waals surface area (Å²) in [5.41, 5.74) is 3.17. The van der Waals surface area contributed by atoms with Gasteiger partial charge in [0.2, 0.25) is 0 Å². The summed E-state index contributed by atoms with van der Waals surface area (Å²) in [6.07, 6.45) is 0. The van der Waals surface area contributed by atoms with Crippen LogP contribution in [0, 0.1) is 0 Å². The first-order valence-corrected chi connectivity index (χ1v) is 7.51. The quantitative estimate of drug-likeness (QED) is 0.767. The molecule has 0 radical (unpaired) electrons. The SMILES string of the molecule is COc1cccc(-c2ccc(CNC(=O)N[C@@H](C)CO)cc2)c1. The van der Waals surface area contributed by atoms with E-state index in [1.807, 2.05) is 48.5 Å². The number of aliphatic hydroxyl groups excluding tert-OH is 1. The molecule has 2 amide bonds. The van der Waals surface area contributed by atoms with Gasteiger partial charge in [0.1, 0.15) is 5.75 Å². The Labute approximate surface area is 136 Å². The minimum absolute atomic E-state index is 0.0807. The van der Waals surface area contributed by atoms with Gasteiger partial charge in [0.25, 0.3) is 0 Å². The largest absolute Gasteiger partial charge is 0.497 e. The highest BCUT2D eigenvalue weighted by atomic mass is 16.5. The molecule has 1 atom stereocenters. The fourth-order valence-electron chi connectivity index (χ4n) is 2.12. The van der Waals surface area contributed by atoms with E-state index in [2.05, 4.69) is 10.6 Å². The second-order valence-corrected chi connectivity index (χ2v) is 5.34. The number of benzene rings is 2. The van der Waals surface area contributed by atoms with Crippen molar-refractivity contribution in [3.8, 4) is 16.9 Å². The Hall–Kier alpha value is -2.53. The van der Waals surface area contributed by atoms with Crippen molar-refractivity contribution in [2.75, 3.05) is 13.7 Å². The number of carbonyl (C=O) groups is 1.